The van der Waals surface area contributed by atoms with E-state index in [1.807, 2.05) is 23.1 Å². The van der Waals surface area contributed by atoms with Gasteiger partial charge in [0.2, 0.25) is 5.91 Å². The number of likely N-dealkylation sites (tertiary alicyclic amines) is 2. The summed E-state index contributed by atoms with van der Waals surface area (Å²) in [4.78, 5) is 36.4. The molecule has 8 heteroatoms. The second-order valence-electron chi connectivity index (χ2n) is 7.50. The fourth-order valence-corrected chi connectivity index (χ4v) is 4.66. The molecule has 6 nitrogen and oxygen atoms in total. The number of hydrogen-bond donors (Lipinski definition) is 1. The summed E-state index contributed by atoms with van der Waals surface area (Å²) in [6.45, 7) is 0.964. The van der Waals surface area contributed by atoms with Crippen LogP contribution < -0.4 is 0 Å². The largest absolute Gasteiger partial charge is 0.345 e. The lowest BCUT2D eigenvalue weighted by molar-refractivity contribution is -0.129. The lowest BCUT2D eigenvalue weighted by Crippen LogP contribution is -2.40. The number of aromatic nitrogens is 2. The minimum Gasteiger partial charge on any atom is -0.345 e. The Morgan fingerprint density at radius 2 is 2.14 bits per heavy atom. The Bertz CT molecular complexity index is 1130. The zero-order chi connectivity index (χ0) is 20.1. The summed E-state index contributed by atoms with van der Waals surface area (Å²) in [6.07, 6.45) is 2.57. The number of nitrogens with zero attached hydrogens (tertiary/aromatic N) is 3. The maximum Gasteiger partial charge on any atom is 0.257 e. The second-order valence-corrected chi connectivity index (χ2v) is 7.91. The molecule has 0 bridgehead atoms. The molecule has 29 heavy (non-hydrogen) atoms. The van der Waals surface area contributed by atoms with Crippen LogP contribution in [0, 0.1) is 5.82 Å². The minimum absolute atomic E-state index is 0.00812. The Hall–Kier alpha value is -2.93. The van der Waals surface area contributed by atoms with E-state index in [0.29, 0.717) is 19.5 Å². The molecule has 3 aromatic rings. The Labute approximate surface area is 171 Å². The monoisotopic (exact) mass is 412 g/mol. The fraction of sp³-hybridized carbons (Fsp3) is 0.286. The number of amides is 2. The summed E-state index contributed by atoms with van der Waals surface area (Å²) in [6, 6.07) is 9.97. The lowest BCUT2D eigenvalue weighted by Gasteiger charge is -2.25. The zero-order valence-electron chi connectivity index (χ0n) is 15.4. The van der Waals surface area contributed by atoms with Crippen LogP contribution in [-0.4, -0.2) is 50.2 Å². The summed E-state index contributed by atoms with van der Waals surface area (Å²) in [7, 11) is 0. The highest BCUT2D eigenvalue weighted by Crippen LogP contribution is 2.35. The van der Waals surface area contributed by atoms with Crippen LogP contribution in [0.1, 0.15) is 28.8 Å². The summed E-state index contributed by atoms with van der Waals surface area (Å²) in [5.41, 5.74) is 2.75. The molecule has 3 heterocycles. The van der Waals surface area contributed by atoms with E-state index in [9.17, 15) is 14.0 Å². The summed E-state index contributed by atoms with van der Waals surface area (Å²) in [5.74, 6) is -1.11. The molecule has 0 aliphatic carbocycles. The summed E-state index contributed by atoms with van der Waals surface area (Å²) >= 11 is 5.83. The van der Waals surface area contributed by atoms with Gasteiger partial charge in [-0.25, -0.2) is 9.37 Å². The van der Waals surface area contributed by atoms with Crippen LogP contribution in [0.4, 0.5) is 4.39 Å². The molecule has 0 saturated carbocycles. The van der Waals surface area contributed by atoms with Crippen LogP contribution >= 0.6 is 11.6 Å². The topological polar surface area (TPSA) is 69.3 Å². The van der Waals surface area contributed by atoms with Crippen molar-refractivity contribution in [2.75, 3.05) is 6.54 Å². The Balaban J connectivity index is 1.37. The molecule has 2 aromatic carbocycles. The van der Waals surface area contributed by atoms with E-state index in [2.05, 4.69) is 9.97 Å². The molecule has 0 radical (unpaired) electrons. The number of benzene rings is 2. The van der Waals surface area contributed by atoms with Gasteiger partial charge in [-0.15, -0.1) is 0 Å². The number of nitrogens with one attached hydrogen (secondary N) is 1. The van der Waals surface area contributed by atoms with Crippen molar-refractivity contribution in [3.8, 4) is 0 Å². The lowest BCUT2D eigenvalue weighted by atomic mass is 10.1. The summed E-state index contributed by atoms with van der Waals surface area (Å²) in [5, 5.41) is -0.0788. The van der Waals surface area contributed by atoms with Gasteiger partial charge >= 0.3 is 0 Å². The molecule has 1 N–H and O–H groups in total. The number of hydrogen-bond acceptors (Lipinski definition) is 3. The van der Waals surface area contributed by atoms with Gasteiger partial charge in [0.1, 0.15) is 0 Å². The average Bonchev–Trinajstić information content (AvgIpc) is 3.40. The van der Waals surface area contributed by atoms with Crippen molar-refractivity contribution in [1.29, 1.82) is 0 Å². The van der Waals surface area contributed by atoms with Gasteiger partial charge in [0.25, 0.3) is 5.91 Å². The third-order valence-electron chi connectivity index (χ3n) is 5.90. The van der Waals surface area contributed by atoms with E-state index in [0.717, 1.165) is 16.6 Å². The van der Waals surface area contributed by atoms with Crippen LogP contribution in [0.5, 0.6) is 0 Å². The molecule has 2 aliphatic heterocycles. The van der Waals surface area contributed by atoms with Crippen molar-refractivity contribution in [2.45, 2.75) is 31.5 Å². The number of fused-ring (bicyclic) bond motifs is 2. The van der Waals surface area contributed by atoms with Crippen LogP contribution in [0.15, 0.2) is 42.7 Å². The molecule has 2 amide bonds. The number of aromatic amines is 1. The highest BCUT2D eigenvalue weighted by molar-refractivity contribution is 6.31. The Kier molecular flexibility index (Phi) is 4.28. The predicted octanol–water partition coefficient (Wildman–Crippen LogP) is 3.37. The Morgan fingerprint density at radius 1 is 1.28 bits per heavy atom. The normalized spacial score (nSPS) is 21.2. The first kappa shape index (κ1) is 18.1. The molecular formula is C21H18ClFN4O2. The van der Waals surface area contributed by atoms with Crippen molar-refractivity contribution in [1.82, 2.24) is 19.8 Å². The minimum atomic E-state index is -0.711. The third-order valence-corrected chi connectivity index (χ3v) is 6.19. The van der Waals surface area contributed by atoms with E-state index >= 15 is 0 Å². The van der Waals surface area contributed by atoms with Gasteiger partial charge in [-0.1, -0.05) is 23.7 Å². The number of carbonyl (C=O) groups is 2. The van der Waals surface area contributed by atoms with E-state index < -0.39 is 11.7 Å². The summed E-state index contributed by atoms with van der Waals surface area (Å²) < 4.78 is 14.3. The van der Waals surface area contributed by atoms with Crippen LogP contribution in [0.2, 0.25) is 5.02 Å². The van der Waals surface area contributed by atoms with Gasteiger partial charge in [-0.3, -0.25) is 9.59 Å². The molecule has 2 aliphatic rings. The van der Waals surface area contributed by atoms with Crippen LogP contribution in [0.25, 0.3) is 11.0 Å². The maximum atomic E-state index is 14.3. The van der Waals surface area contributed by atoms with Crippen LogP contribution in [-0.2, 0) is 11.3 Å². The van der Waals surface area contributed by atoms with Gasteiger partial charge in [0.15, 0.2) is 5.82 Å². The average molecular weight is 413 g/mol. The van der Waals surface area contributed by atoms with E-state index in [-0.39, 0.29) is 35.0 Å². The third kappa shape index (κ3) is 2.97. The van der Waals surface area contributed by atoms with E-state index in [1.165, 1.54) is 12.1 Å². The quantitative estimate of drug-likeness (QED) is 0.717. The highest BCUT2D eigenvalue weighted by atomic mass is 35.5. The number of rotatable bonds is 3. The van der Waals surface area contributed by atoms with E-state index in [4.69, 9.17) is 11.6 Å². The number of imidazole rings is 1. The van der Waals surface area contributed by atoms with Gasteiger partial charge < -0.3 is 14.8 Å². The first-order valence-corrected chi connectivity index (χ1v) is 9.87. The molecular weight excluding hydrogens is 395 g/mol. The smallest absolute Gasteiger partial charge is 0.257 e. The maximum absolute atomic E-state index is 14.3. The molecule has 1 aromatic heterocycles. The second kappa shape index (κ2) is 6.84. The van der Waals surface area contributed by atoms with Gasteiger partial charge in [0.05, 0.1) is 40.0 Å². The molecule has 0 spiro atoms. The predicted molar refractivity (Wildman–Crippen MR) is 106 cm³/mol. The molecule has 2 fully saturated rings. The molecule has 2 atom stereocenters. The number of carbonyl (C=O) groups excluding carboxylic acids is 2. The fourth-order valence-electron chi connectivity index (χ4n) is 4.49. The standard InChI is InChI=1S/C21H18ClFN4O2/c22-14-3-1-2-13(20(14)23)21(29)26-7-6-17-18(26)9-19(28)27(17)10-12-4-5-15-16(8-12)25-11-24-15/h1-5,8,11,17-18H,6-7,9-10H2,(H,24,25)/t17-,18-/m0/s1. The zero-order valence-corrected chi connectivity index (χ0v) is 16.2. The van der Waals surface area contributed by atoms with Gasteiger partial charge in [0, 0.05) is 19.5 Å². The van der Waals surface area contributed by atoms with Crippen molar-refractivity contribution in [3.05, 3.63) is 64.7 Å². The first-order valence-electron chi connectivity index (χ1n) is 9.49. The van der Waals surface area contributed by atoms with E-state index in [1.54, 1.807) is 17.3 Å². The molecule has 0 unspecified atom stereocenters. The number of halogens is 2. The molecule has 5 rings (SSSR count). The Morgan fingerprint density at radius 3 is 3.00 bits per heavy atom. The van der Waals surface area contributed by atoms with Gasteiger partial charge in [-0.05, 0) is 36.2 Å². The first-order chi connectivity index (χ1) is 14.0. The highest BCUT2D eigenvalue weighted by Gasteiger charge is 2.48. The van der Waals surface area contributed by atoms with Crippen molar-refractivity contribution < 1.29 is 14.0 Å². The van der Waals surface area contributed by atoms with Crippen LogP contribution in [0.3, 0.4) is 0 Å². The molecule has 148 valence electrons. The van der Waals surface area contributed by atoms with Gasteiger partial charge in [-0.2, -0.15) is 0 Å². The SMILES string of the molecule is O=C1C[C@H]2[C@H](CCN2C(=O)c2cccc(Cl)c2F)N1Cc1ccc2nc[nH]c2c1. The van der Waals surface area contributed by atoms with Crippen molar-refractivity contribution >= 4 is 34.4 Å². The van der Waals surface area contributed by atoms with Crippen molar-refractivity contribution in [2.24, 2.45) is 0 Å². The molecule has 2 saturated heterocycles. The van der Waals surface area contributed by atoms with Crippen molar-refractivity contribution in [3.63, 3.8) is 0 Å². The number of H-pyrrole nitrogens is 1.